The number of benzene rings is 1. The highest BCUT2D eigenvalue weighted by Gasteiger charge is 2.26. The molecule has 0 aromatic heterocycles. The lowest BCUT2D eigenvalue weighted by Gasteiger charge is -2.21. The minimum atomic E-state index is -1.16. The van der Waals surface area contributed by atoms with Crippen LogP contribution in [0.1, 0.15) is 12.5 Å². The molecule has 0 radical (unpaired) electrons. The van der Waals surface area contributed by atoms with E-state index in [1.165, 1.54) is 6.92 Å². The van der Waals surface area contributed by atoms with E-state index in [0.29, 0.717) is 0 Å². The van der Waals surface area contributed by atoms with Gasteiger partial charge in [-0.15, -0.1) is 0 Å². The highest BCUT2D eigenvalue weighted by atomic mass is 32.1. The molecule has 0 unspecified atom stereocenters. The number of carbonyl (C=O) groups excluding carboxylic acids is 2. The second-order valence-electron chi connectivity index (χ2n) is 5.11. The van der Waals surface area contributed by atoms with E-state index in [-0.39, 0.29) is 12.2 Å². The van der Waals surface area contributed by atoms with Gasteiger partial charge >= 0.3 is 5.97 Å². The molecule has 0 bridgehead atoms. The SMILES string of the molecule is C[C@H](NC(=O)[C@H](Cc1ccccc1)NC(=O)[C@@H](N)CS)C(=O)O. The minimum Gasteiger partial charge on any atom is -0.480 e. The molecule has 8 heteroatoms. The second kappa shape index (κ2) is 9.16. The fraction of sp³-hybridized carbons (Fsp3) is 0.400. The van der Waals surface area contributed by atoms with Crippen molar-refractivity contribution in [3.8, 4) is 0 Å². The third-order valence-electron chi connectivity index (χ3n) is 3.18. The van der Waals surface area contributed by atoms with Gasteiger partial charge in [-0.2, -0.15) is 12.6 Å². The van der Waals surface area contributed by atoms with Crippen molar-refractivity contribution in [2.45, 2.75) is 31.5 Å². The second-order valence-corrected chi connectivity index (χ2v) is 5.47. The van der Waals surface area contributed by atoms with E-state index < -0.39 is 35.9 Å². The maximum Gasteiger partial charge on any atom is 0.325 e. The molecule has 2 amide bonds. The summed E-state index contributed by atoms with van der Waals surface area (Å²) in [5.74, 6) is -2.12. The molecule has 0 aliphatic carbocycles. The number of carboxylic acids is 1. The average molecular weight is 339 g/mol. The first kappa shape index (κ1) is 19.0. The number of thiol groups is 1. The van der Waals surface area contributed by atoms with Crippen LogP contribution in [-0.4, -0.2) is 46.8 Å². The van der Waals surface area contributed by atoms with Gasteiger partial charge in [0.1, 0.15) is 12.1 Å². The van der Waals surface area contributed by atoms with E-state index in [4.69, 9.17) is 10.8 Å². The quantitative estimate of drug-likeness (QED) is 0.411. The molecule has 7 nitrogen and oxygen atoms in total. The molecule has 1 aromatic carbocycles. The molecule has 126 valence electrons. The number of carboxylic acid groups (broad SMARTS) is 1. The van der Waals surface area contributed by atoms with E-state index >= 15 is 0 Å². The van der Waals surface area contributed by atoms with Crippen LogP contribution in [0.25, 0.3) is 0 Å². The summed E-state index contributed by atoms with van der Waals surface area (Å²) in [6, 6.07) is 6.25. The van der Waals surface area contributed by atoms with Gasteiger partial charge in [-0.25, -0.2) is 0 Å². The average Bonchev–Trinajstić information content (AvgIpc) is 2.53. The highest BCUT2D eigenvalue weighted by Crippen LogP contribution is 2.04. The van der Waals surface area contributed by atoms with Gasteiger partial charge in [-0.1, -0.05) is 30.3 Å². The molecule has 3 atom stereocenters. The van der Waals surface area contributed by atoms with Crippen molar-refractivity contribution in [2.24, 2.45) is 5.73 Å². The zero-order valence-electron chi connectivity index (χ0n) is 12.7. The van der Waals surface area contributed by atoms with Gasteiger partial charge in [-0.05, 0) is 12.5 Å². The zero-order valence-corrected chi connectivity index (χ0v) is 13.6. The summed E-state index contributed by atoms with van der Waals surface area (Å²) in [6.07, 6.45) is 0.226. The van der Waals surface area contributed by atoms with Crippen LogP contribution in [0, 0.1) is 0 Å². The number of hydrogen-bond acceptors (Lipinski definition) is 5. The number of amides is 2. The number of carbonyl (C=O) groups is 3. The molecule has 0 fully saturated rings. The Kier molecular flexibility index (Phi) is 7.56. The van der Waals surface area contributed by atoms with Gasteiger partial charge in [-0.3, -0.25) is 14.4 Å². The predicted molar refractivity (Wildman–Crippen MR) is 89.1 cm³/mol. The van der Waals surface area contributed by atoms with Crippen LogP contribution in [0.4, 0.5) is 0 Å². The van der Waals surface area contributed by atoms with Crippen LogP contribution in [-0.2, 0) is 20.8 Å². The summed E-state index contributed by atoms with van der Waals surface area (Å²) in [7, 11) is 0. The van der Waals surface area contributed by atoms with Crippen molar-refractivity contribution in [2.75, 3.05) is 5.75 Å². The molecule has 5 N–H and O–H groups in total. The normalized spacial score (nSPS) is 14.4. The Balaban J connectivity index is 2.84. The monoisotopic (exact) mass is 339 g/mol. The van der Waals surface area contributed by atoms with Crippen LogP contribution < -0.4 is 16.4 Å². The Bertz CT molecular complexity index is 553. The summed E-state index contributed by atoms with van der Waals surface area (Å²) in [5, 5.41) is 13.8. The van der Waals surface area contributed by atoms with Gasteiger partial charge in [0.05, 0.1) is 6.04 Å². The first-order chi connectivity index (χ1) is 10.8. The standard InChI is InChI=1S/C15H21N3O4S/c1-9(15(21)22)17-14(20)12(18-13(19)11(16)8-23)7-10-5-3-2-4-6-10/h2-6,9,11-12,23H,7-8,16H2,1H3,(H,17,20)(H,18,19)(H,21,22)/t9-,11-,12-/m0/s1. The Hall–Kier alpha value is -2.06. The summed E-state index contributed by atoms with van der Waals surface area (Å²) in [6.45, 7) is 1.35. The Labute approximate surface area is 140 Å². The number of rotatable bonds is 8. The third kappa shape index (κ3) is 6.29. The van der Waals surface area contributed by atoms with Crippen LogP contribution in [0.3, 0.4) is 0 Å². The smallest absolute Gasteiger partial charge is 0.325 e. The number of hydrogen-bond donors (Lipinski definition) is 5. The molecule has 0 saturated heterocycles. The molecule has 1 aromatic rings. The maximum absolute atomic E-state index is 12.3. The van der Waals surface area contributed by atoms with Crippen molar-refractivity contribution in [1.82, 2.24) is 10.6 Å². The van der Waals surface area contributed by atoms with Crippen molar-refractivity contribution >= 4 is 30.4 Å². The number of aliphatic carboxylic acids is 1. The van der Waals surface area contributed by atoms with Crippen LogP contribution >= 0.6 is 12.6 Å². The van der Waals surface area contributed by atoms with Crippen molar-refractivity contribution in [1.29, 1.82) is 0 Å². The van der Waals surface area contributed by atoms with E-state index in [9.17, 15) is 14.4 Å². The van der Waals surface area contributed by atoms with Crippen molar-refractivity contribution in [3.05, 3.63) is 35.9 Å². The molecule has 0 aliphatic rings. The molecular weight excluding hydrogens is 318 g/mol. The molecular formula is C15H21N3O4S. The van der Waals surface area contributed by atoms with Gasteiger partial charge in [0.25, 0.3) is 0 Å². The third-order valence-corrected chi connectivity index (χ3v) is 3.57. The summed E-state index contributed by atoms with van der Waals surface area (Å²) in [5.41, 5.74) is 6.42. The Morgan fingerprint density at radius 2 is 1.78 bits per heavy atom. The first-order valence-corrected chi connectivity index (χ1v) is 7.72. The lowest BCUT2D eigenvalue weighted by atomic mass is 10.0. The Morgan fingerprint density at radius 1 is 1.17 bits per heavy atom. The molecule has 23 heavy (non-hydrogen) atoms. The largest absolute Gasteiger partial charge is 0.480 e. The van der Waals surface area contributed by atoms with Gasteiger partial charge in [0, 0.05) is 12.2 Å². The Morgan fingerprint density at radius 3 is 2.30 bits per heavy atom. The van der Waals surface area contributed by atoms with Gasteiger partial charge in [0.15, 0.2) is 0 Å². The molecule has 0 saturated carbocycles. The molecule has 0 aliphatic heterocycles. The molecule has 1 rings (SSSR count). The van der Waals surface area contributed by atoms with Crippen LogP contribution in [0.2, 0.25) is 0 Å². The number of nitrogens with two attached hydrogens (primary N) is 1. The van der Waals surface area contributed by atoms with E-state index in [1.54, 1.807) is 0 Å². The van der Waals surface area contributed by atoms with E-state index in [2.05, 4.69) is 23.3 Å². The summed E-state index contributed by atoms with van der Waals surface area (Å²) in [4.78, 5) is 35.0. The van der Waals surface area contributed by atoms with Crippen molar-refractivity contribution in [3.63, 3.8) is 0 Å². The maximum atomic E-state index is 12.3. The van der Waals surface area contributed by atoms with Crippen LogP contribution in [0.15, 0.2) is 30.3 Å². The fourth-order valence-corrected chi connectivity index (χ4v) is 1.96. The first-order valence-electron chi connectivity index (χ1n) is 7.09. The molecule has 0 spiro atoms. The molecule has 0 heterocycles. The van der Waals surface area contributed by atoms with Crippen molar-refractivity contribution < 1.29 is 19.5 Å². The van der Waals surface area contributed by atoms with Gasteiger partial charge < -0.3 is 21.5 Å². The minimum absolute atomic E-state index is 0.136. The lowest BCUT2D eigenvalue weighted by Crippen LogP contribution is -2.55. The lowest BCUT2D eigenvalue weighted by molar-refractivity contribution is -0.141. The summed E-state index contributed by atoms with van der Waals surface area (Å²) >= 11 is 3.95. The zero-order chi connectivity index (χ0) is 17.4. The van der Waals surface area contributed by atoms with E-state index in [0.717, 1.165) is 5.56 Å². The topological polar surface area (TPSA) is 122 Å². The van der Waals surface area contributed by atoms with Crippen LogP contribution in [0.5, 0.6) is 0 Å². The number of nitrogens with one attached hydrogen (secondary N) is 2. The van der Waals surface area contributed by atoms with Gasteiger partial charge in [0.2, 0.25) is 11.8 Å². The fourth-order valence-electron chi connectivity index (χ4n) is 1.80. The predicted octanol–water partition coefficient (Wildman–Crippen LogP) is -0.440. The highest BCUT2D eigenvalue weighted by molar-refractivity contribution is 7.80. The summed E-state index contributed by atoms with van der Waals surface area (Å²) < 4.78 is 0. The van der Waals surface area contributed by atoms with E-state index in [1.807, 2.05) is 30.3 Å².